The number of aryl methyl sites for hydroxylation is 1. The van der Waals surface area contributed by atoms with Gasteiger partial charge in [0.05, 0.1) is 15.8 Å². The van der Waals surface area contributed by atoms with Gasteiger partial charge in [-0.25, -0.2) is 14.2 Å². The Morgan fingerprint density at radius 1 is 1.18 bits per heavy atom. The first-order chi connectivity index (χ1) is 18.3. The van der Waals surface area contributed by atoms with Crippen LogP contribution >= 0.6 is 11.3 Å². The number of nitrogens with zero attached hydrogens (tertiary/aromatic N) is 3. The second-order valence-corrected chi connectivity index (χ2v) is 11.6. The molecular formula is C28H33F4N3O3S. The third kappa shape index (κ3) is 6.81. The number of ether oxygens (including phenoxy) is 1. The van der Waals surface area contributed by atoms with E-state index in [1.165, 1.54) is 13.8 Å². The van der Waals surface area contributed by atoms with E-state index in [-0.39, 0.29) is 11.6 Å². The zero-order chi connectivity index (χ0) is 28.5. The molecule has 2 heterocycles. The summed E-state index contributed by atoms with van der Waals surface area (Å²) in [6, 6.07) is 7.55. The van der Waals surface area contributed by atoms with Crippen molar-refractivity contribution in [1.29, 1.82) is 0 Å². The number of anilines is 1. The number of aliphatic carboxylic acids is 1. The Morgan fingerprint density at radius 3 is 2.59 bits per heavy atom. The van der Waals surface area contributed by atoms with Crippen molar-refractivity contribution in [3.05, 3.63) is 52.8 Å². The number of unbranched alkanes of at least 4 members (excludes halogenated alkanes) is 1. The van der Waals surface area contributed by atoms with E-state index in [0.717, 1.165) is 60.4 Å². The molecule has 0 spiro atoms. The van der Waals surface area contributed by atoms with E-state index in [2.05, 4.69) is 21.7 Å². The van der Waals surface area contributed by atoms with Crippen molar-refractivity contribution < 1.29 is 32.2 Å². The molecule has 0 saturated carbocycles. The number of carbonyl (C=O) groups is 1. The number of benzene rings is 2. The summed E-state index contributed by atoms with van der Waals surface area (Å²) in [6.45, 7) is 9.76. The van der Waals surface area contributed by atoms with E-state index in [9.17, 15) is 27.5 Å². The highest BCUT2D eigenvalue weighted by Gasteiger charge is 2.35. The van der Waals surface area contributed by atoms with Gasteiger partial charge in [-0.1, -0.05) is 37.2 Å². The van der Waals surface area contributed by atoms with Gasteiger partial charge in [0, 0.05) is 38.3 Å². The molecule has 212 valence electrons. The van der Waals surface area contributed by atoms with Gasteiger partial charge < -0.3 is 14.7 Å². The fourth-order valence-corrected chi connectivity index (χ4v) is 5.93. The van der Waals surface area contributed by atoms with Crippen LogP contribution in [0.1, 0.15) is 56.7 Å². The molecular weight excluding hydrogens is 534 g/mol. The van der Waals surface area contributed by atoms with E-state index < -0.39 is 29.1 Å². The van der Waals surface area contributed by atoms with Crippen molar-refractivity contribution in [3.8, 4) is 5.75 Å². The van der Waals surface area contributed by atoms with E-state index in [1.54, 1.807) is 0 Å². The number of thiazole rings is 1. The van der Waals surface area contributed by atoms with Crippen LogP contribution in [-0.4, -0.2) is 52.2 Å². The van der Waals surface area contributed by atoms with Crippen molar-refractivity contribution in [2.45, 2.75) is 71.3 Å². The fourth-order valence-electron chi connectivity index (χ4n) is 4.85. The predicted octanol–water partition coefficient (Wildman–Crippen LogP) is 6.89. The van der Waals surface area contributed by atoms with Crippen LogP contribution in [0.15, 0.2) is 30.3 Å². The molecule has 0 aliphatic carbocycles. The fraction of sp³-hybridized carbons (Fsp3) is 0.500. The minimum atomic E-state index is -4.76. The van der Waals surface area contributed by atoms with Crippen molar-refractivity contribution in [3.63, 3.8) is 0 Å². The third-order valence-electron chi connectivity index (χ3n) is 6.88. The average Bonchev–Trinajstić information content (AvgIpc) is 3.23. The molecule has 1 fully saturated rings. The molecule has 3 aromatic rings. The van der Waals surface area contributed by atoms with Crippen molar-refractivity contribution in [2.24, 2.45) is 0 Å². The van der Waals surface area contributed by atoms with Gasteiger partial charge in [0.25, 0.3) is 0 Å². The molecule has 4 rings (SSSR count). The van der Waals surface area contributed by atoms with E-state index in [0.29, 0.717) is 35.2 Å². The first-order valence-electron chi connectivity index (χ1n) is 13.0. The predicted molar refractivity (Wildman–Crippen MR) is 144 cm³/mol. The molecule has 39 heavy (non-hydrogen) atoms. The van der Waals surface area contributed by atoms with Crippen LogP contribution in [0.5, 0.6) is 5.75 Å². The molecule has 2 aromatic carbocycles. The standard InChI is InChI=1S/C28H33F4N3O3S/c1-5-6-7-19-16-34(15-18-10-17(2)11-20(12-18)38-27(3,4)25(36)37)8-9-35(19)26-33-23-14-22(29)21(28(30,31)32)13-24(23)39-26/h10-14,19H,5-9,15-16H2,1-4H3,(H,36,37). The SMILES string of the molecule is CCCCC1CN(Cc2cc(C)cc(OC(C)(C)C(=O)O)c2)CCN1c1nc2cc(F)c(C(F)(F)F)cc2s1. The summed E-state index contributed by atoms with van der Waals surface area (Å²) in [6.07, 6.45) is -1.89. The Kier molecular flexibility index (Phi) is 8.41. The lowest BCUT2D eigenvalue weighted by molar-refractivity contribution is -0.152. The first kappa shape index (κ1) is 29.1. The summed E-state index contributed by atoms with van der Waals surface area (Å²) in [7, 11) is 0. The van der Waals surface area contributed by atoms with Crippen molar-refractivity contribution >= 4 is 32.7 Å². The van der Waals surface area contributed by atoms with Gasteiger partial charge in [-0.15, -0.1) is 0 Å². The number of hydrogen-bond acceptors (Lipinski definition) is 6. The molecule has 1 aliphatic heterocycles. The number of piperazine rings is 1. The normalized spacial score (nSPS) is 17.1. The van der Waals surface area contributed by atoms with Gasteiger partial charge in [-0.2, -0.15) is 13.2 Å². The molecule has 0 radical (unpaired) electrons. The van der Waals surface area contributed by atoms with Crippen molar-refractivity contribution in [1.82, 2.24) is 9.88 Å². The van der Waals surface area contributed by atoms with Gasteiger partial charge in [0.1, 0.15) is 11.6 Å². The minimum absolute atomic E-state index is 0.0951. The second kappa shape index (κ2) is 11.3. The Morgan fingerprint density at radius 2 is 1.92 bits per heavy atom. The molecule has 1 saturated heterocycles. The van der Waals surface area contributed by atoms with Crippen LogP contribution in [0, 0.1) is 12.7 Å². The molecule has 6 nitrogen and oxygen atoms in total. The number of alkyl halides is 3. The Bertz CT molecular complexity index is 1340. The van der Waals surface area contributed by atoms with Gasteiger partial charge >= 0.3 is 12.1 Å². The van der Waals surface area contributed by atoms with Crippen LogP contribution in [0.2, 0.25) is 0 Å². The Hall–Kier alpha value is -2.92. The third-order valence-corrected chi connectivity index (χ3v) is 7.93. The highest BCUT2D eigenvalue weighted by molar-refractivity contribution is 7.22. The Labute approximate surface area is 229 Å². The van der Waals surface area contributed by atoms with Gasteiger partial charge in [0.15, 0.2) is 10.7 Å². The van der Waals surface area contributed by atoms with Crippen LogP contribution in [-0.2, 0) is 17.5 Å². The summed E-state index contributed by atoms with van der Waals surface area (Å²) in [4.78, 5) is 20.5. The summed E-state index contributed by atoms with van der Waals surface area (Å²) in [5.41, 5.74) is -0.434. The monoisotopic (exact) mass is 567 g/mol. The molecule has 0 amide bonds. The van der Waals surface area contributed by atoms with E-state index >= 15 is 0 Å². The maximum atomic E-state index is 14.1. The highest BCUT2D eigenvalue weighted by Crippen LogP contribution is 2.38. The van der Waals surface area contributed by atoms with E-state index in [1.807, 2.05) is 25.1 Å². The largest absolute Gasteiger partial charge is 0.478 e. The summed E-state index contributed by atoms with van der Waals surface area (Å²) in [5.74, 6) is -1.86. The first-order valence-corrected chi connectivity index (χ1v) is 13.8. The molecule has 1 atom stereocenters. The maximum absolute atomic E-state index is 14.1. The number of fused-ring (bicyclic) bond motifs is 1. The number of aromatic nitrogens is 1. The lowest BCUT2D eigenvalue weighted by Crippen LogP contribution is -2.53. The number of carboxylic acid groups (broad SMARTS) is 1. The second-order valence-electron chi connectivity index (χ2n) is 10.6. The van der Waals surface area contributed by atoms with E-state index in [4.69, 9.17) is 4.74 Å². The topological polar surface area (TPSA) is 65.9 Å². The molecule has 1 N–H and O–H groups in total. The lowest BCUT2D eigenvalue weighted by atomic mass is 10.0. The molecule has 0 bridgehead atoms. The zero-order valence-electron chi connectivity index (χ0n) is 22.4. The van der Waals surface area contributed by atoms with Gasteiger partial charge in [-0.3, -0.25) is 4.90 Å². The lowest BCUT2D eigenvalue weighted by Gasteiger charge is -2.41. The summed E-state index contributed by atoms with van der Waals surface area (Å²) in [5, 5.41) is 10.0. The number of halogens is 4. The number of rotatable bonds is 9. The molecule has 1 unspecified atom stereocenters. The van der Waals surface area contributed by atoms with Crippen LogP contribution in [0.3, 0.4) is 0 Å². The van der Waals surface area contributed by atoms with Crippen LogP contribution in [0.25, 0.3) is 10.2 Å². The molecule has 11 heteroatoms. The highest BCUT2D eigenvalue weighted by atomic mass is 32.1. The Balaban J connectivity index is 1.54. The number of hydrogen-bond donors (Lipinski definition) is 1. The van der Waals surface area contributed by atoms with Gasteiger partial charge in [-0.05, 0) is 56.5 Å². The average molecular weight is 568 g/mol. The number of carboxylic acids is 1. The smallest absolute Gasteiger partial charge is 0.419 e. The zero-order valence-corrected chi connectivity index (χ0v) is 23.3. The van der Waals surface area contributed by atoms with Crippen LogP contribution < -0.4 is 9.64 Å². The summed E-state index contributed by atoms with van der Waals surface area (Å²) >= 11 is 1.16. The summed E-state index contributed by atoms with van der Waals surface area (Å²) < 4.78 is 59.9. The van der Waals surface area contributed by atoms with Gasteiger partial charge in [0.2, 0.25) is 0 Å². The maximum Gasteiger partial charge on any atom is 0.419 e. The quantitative estimate of drug-likeness (QED) is 0.284. The van der Waals surface area contributed by atoms with Crippen molar-refractivity contribution in [2.75, 3.05) is 24.5 Å². The molecule has 1 aromatic heterocycles. The molecule has 1 aliphatic rings. The minimum Gasteiger partial charge on any atom is -0.478 e. The van der Waals surface area contributed by atoms with Crippen LogP contribution in [0.4, 0.5) is 22.7 Å².